The van der Waals surface area contributed by atoms with Gasteiger partial charge in [-0.25, -0.2) is 9.07 Å². The molecule has 7 heteroatoms. The molecule has 2 rings (SSSR count). The van der Waals surface area contributed by atoms with Crippen molar-refractivity contribution in [2.24, 2.45) is 4.99 Å². The van der Waals surface area contributed by atoms with Crippen LogP contribution in [0.15, 0.2) is 41.5 Å². The number of nitrogens with zero attached hydrogens (tertiary/aromatic N) is 3. The van der Waals surface area contributed by atoms with Crippen LogP contribution in [0.25, 0.3) is 5.69 Å². The lowest BCUT2D eigenvalue weighted by Gasteiger charge is -2.10. The van der Waals surface area contributed by atoms with E-state index in [1.54, 1.807) is 16.8 Å². The second kappa shape index (κ2) is 11.8. The fraction of sp³-hybridized carbons (Fsp3) is 0.444. The maximum absolute atomic E-state index is 13.0. The van der Waals surface area contributed by atoms with E-state index in [9.17, 15) is 4.39 Å². The van der Waals surface area contributed by atoms with Crippen molar-refractivity contribution in [1.29, 1.82) is 0 Å². The predicted molar refractivity (Wildman–Crippen MR) is 112 cm³/mol. The number of halogens is 2. The van der Waals surface area contributed by atoms with Gasteiger partial charge in [-0.2, -0.15) is 5.10 Å². The summed E-state index contributed by atoms with van der Waals surface area (Å²) in [6, 6.07) is 8.29. The van der Waals surface area contributed by atoms with Gasteiger partial charge in [-0.3, -0.25) is 4.99 Å². The van der Waals surface area contributed by atoms with E-state index in [0.717, 1.165) is 56.2 Å². The van der Waals surface area contributed by atoms with Crippen LogP contribution >= 0.6 is 24.0 Å². The first-order valence-electron chi connectivity index (χ1n) is 8.55. The van der Waals surface area contributed by atoms with Crippen LogP contribution in [0.2, 0.25) is 0 Å². The van der Waals surface area contributed by atoms with Gasteiger partial charge in [0.05, 0.1) is 11.4 Å². The largest absolute Gasteiger partial charge is 0.357 e. The monoisotopic (exact) mass is 459 g/mol. The van der Waals surface area contributed by atoms with Crippen LogP contribution in [-0.4, -0.2) is 35.4 Å². The molecule has 0 amide bonds. The lowest BCUT2D eigenvalue weighted by Crippen LogP contribution is -2.38. The second-order valence-electron chi connectivity index (χ2n) is 5.52. The number of unbranched alkanes of at least 4 members (excludes halogenated alkanes) is 1. The fourth-order valence-electron chi connectivity index (χ4n) is 2.23. The Morgan fingerprint density at radius 3 is 2.60 bits per heavy atom. The lowest BCUT2D eigenvalue weighted by atomic mass is 10.3. The van der Waals surface area contributed by atoms with Crippen LogP contribution in [-0.2, 0) is 6.42 Å². The van der Waals surface area contributed by atoms with Crippen molar-refractivity contribution >= 4 is 29.9 Å². The third-order valence-electron chi connectivity index (χ3n) is 3.53. The van der Waals surface area contributed by atoms with E-state index >= 15 is 0 Å². The smallest absolute Gasteiger partial charge is 0.191 e. The van der Waals surface area contributed by atoms with Gasteiger partial charge >= 0.3 is 0 Å². The molecule has 2 N–H and O–H groups in total. The summed E-state index contributed by atoms with van der Waals surface area (Å²) in [5.41, 5.74) is 1.83. The summed E-state index contributed by atoms with van der Waals surface area (Å²) in [6.45, 7) is 6.66. The van der Waals surface area contributed by atoms with Crippen LogP contribution in [0, 0.1) is 5.82 Å². The number of aromatic nitrogens is 2. The van der Waals surface area contributed by atoms with Crippen LogP contribution in [0.3, 0.4) is 0 Å². The molecule has 0 atom stereocenters. The van der Waals surface area contributed by atoms with Gasteiger partial charge in [-0.1, -0.05) is 13.3 Å². The minimum absolute atomic E-state index is 0. The van der Waals surface area contributed by atoms with Gasteiger partial charge in [0, 0.05) is 32.3 Å². The Balaban J connectivity index is 0.00000312. The van der Waals surface area contributed by atoms with Gasteiger partial charge in [0.25, 0.3) is 0 Å². The van der Waals surface area contributed by atoms with Crippen LogP contribution < -0.4 is 10.6 Å². The highest BCUT2D eigenvalue weighted by Gasteiger charge is 2.03. The second-order valence-corrected chi connectivity index (χ2v) is 5.52. The van der Waals surface area contributed by atoms with Gasteiger partial charge < -0.3 is 10.6 Å². The molecule has 0 radical (unpaired) electrons. The SMILES string of the molecule is CCCCN=C(NCC)NCCc1ccn(-c2ccc(F)cc2)n1.I. The maximum Gasteiger partial charge on any atom is 0.191 e. The zero-order chi connectivity index (χ0) is 17.2. The molecular weight excluding hydrogens is 432 g/mol. The molecule has 1 aromatic carbocycles. The minimum Gasteiger partial charge on any atom is -0.357 e. The molecule has 2 aromatic rings. The first-order chi connectivity index (χ1) is 11.7. The van der Waals surface area contributed by atoms with Crippen molar-refractivity contribution in [2.75, 3.05) is 19.6 Å². The summed E-state index contributed by atoms with van der Waals surface area (Å²) in [5.74, 6) is 0.609. The van der Waals surface area contributed by atoms with E-state index in [0.29, 0.717) is 0 Å². The average molecular weight is 459 g/mol. The predicted octanol–water partition coefficient (Wildman–Crippen LogP) is 3.53. The molecule has 0 saturated carbocycles. The fourth-order valence-corrected chi connectivity index (χ4v) is 2.23. The Morgan fingerprint density at radius 1 is 1.16 bits per heavy atom. The summed E-state index contributed by atoms with van der Waals surface area (Å²) < 4.78 is 14.7. The van der Waals surface area contributed by atoms with Crippen molar-refractivity contribution in [3.05, 3.63) is 48.0 Å². The molecule has 0 saturated heterocycles. The first-order valence-corrected chi connectivity index (χ1v) is 8.55. The summed E-state index contributed by atoms with van der Waals surface area (Å²) in [7, 11) is 0. The molecule has 0 bridgehead atoms. The molecular formula is C18H27FIN5. The van der Waals surface area contributed by atoms with E-state index in [1.165, 1.54) is 12.1 Å². The Morgan fingerprint density at radius 2 is 1.92 bits per heavy atom. The number of hydrogen-bond donors (Lipinski definition) is 2. The minimum atomic E-state index is -0.242. The number of guanidine groups is 1. The van der Waals surface area contributed by atoms with E-state index in [1.807, 2.05) is 12.3 Å². The van der Waals surface area contributed by atoms with Gasteiger partial charge in [0.15, 0.2) is 5.96 Å². The third-order valence-corrected chi connectivity index (χ3v) is 3.53. The van der Waals surface area contributed by atoms with Gasteiger partial charge in [0.1, 0.15) is 5.82 Å². The molecule has 0 aliphatic heterocycles. The third kappa shape index (κ3) is 7.41. The summed E-state index contributed by atoms with van der Waals surface area (Å²) in [4.78, 5) is 4.53. The Bertz CT molecular complexity index is 639. The molecule has 0 spiro atoms. The number of hydrogen-bond acceptors (Lipinski definition) is 2. The number of benzene rings is 1. The number of rotatable bonds is 8. The van der Waals surface area contributed by atoms with Crippen LogP contribution in [0.5, 0.6) is 0 Å². The number of aliphatic imine (C=N–C) groups is 1. The quantitative estimate of drug-likeness (QED) is 0.275. The summed E-state index contributed by atoms with van der Waals surface area (Å²) in [5, 5.41) is 11.1. The van der Waals surface area contributed by atoms with E-state index in [4.69, 9.17) is 0 Å². The number of nitrogens with one attached hydrogen (secondary N) is 2. The Hall–Kier alpha value is -1.64. The van der Waals surface area contributed by atoms with Gasteiger partial charge in [-0.15, -0.1) is 24.0 Å². The molecule has 0 unspecified atom stereocenters. The van der Waals surface area contributed by atoms with Crippen LogP contribution in [0.4, 0.5) is 4.39 Å². The van der Waals surface area contributed by atoms with Crippen molar-refractivity contribution in [3.63, 3.8) is 0 Å². The standard InChI is InChI=1S/C18H26FN5.HI/c1-3-5-12-21-18(20-4-2)22-13-10-16-11-14-24(23-16)17-8-6-15(19)7-9-17;/h6-9,11,14H,3-5,10,12-13H2,1-2H3,(H2,20,21,22);1H. The molecule has 25 heavy (non-hydrogen) atoms. The first kappa shape index (κ1) is 21.4. The van der Waals surface area contributed by atoms with Gasteiger partial charge in [-0.05, 0) is 43.7 Å². The van der Waals surface area contributed by atoms with Crippen molar-refractivity contribution in [3.8, 4) is 5.69 Å². The highest BCUT2D eigenvalue weighted by atomic mass is 127. The highest BCUT2D eigenvalue weighted by Crippen LogP contribution is 2.09. The molecule has 1 aromatic heterocycles. The lowest BCUT2D eigenvalue weighted by molar-refractivity contribution is 0.627. The topological polar surface area (TPSA) is 54.2 Å². The zero-order valence-corrected chi connectivity index (χ0v) is 17.2. The molecule has 5 nitrogen and oxygen atoms in total. The highest BCUT2D eigenvalue weighted by molar-refractivity contribution is 14.0. The molecule has 0 aliphatic rings. The molecule has 0 fully saturated rings. The van der Waals surface area contributed by atoms with Crippen LogP contribution in [0.1, 0.15) is 32.4 Å². The van der Waals surface area contributed by atoms with E-state index < -0.39 is 0 Å². The molecule has 138 valence electrons. The molecule has 0 aliphatic carbocycles. The van der Waals surface area contributed by atoms with Crippen molar-refractivity contribution < 1.29 is 4.39 Å². The van der Waals surface area contributed by atoms with E-state index in [-0.39, 0.29) is 29.8 Å². The van der Waals surface area contributed by atoms with Crippen molar-refractivity contribution in [2.45, 2.75) is 33.1 Å². The Kier molecular flexibility index (Phi) is 10.1. The summed E-state index contributed by atoms with van der Waals surface area (Å²) in [6.07, 6.45) is 4.93. The normalized spacial score (nSPS) is 11.1. The molecule has 1 heterocycles. The van der Waals surface area contributed by atoms with Crippen molar-refractivity contribution in [1.82, 2.24) is 20.4 Å². The Labute approximate surface area is 166 Å². The maximum atomic E-state index is 13.0. The zero-order valence-electron chi connectivity index (χ0n) is 14.8. The van der Waals surface area contributed by atoms with E-state index in [2.05, 4.69) is 34.6 Å². The summed E-state index contributed by atoms with van der Waals surface area (Å²) >= 11 is 0. The average Bonchev–Trinajstić information content (AvgIpc) is 3.04. The van der Waals surface area contributed by atoms with Gasteiger partial charge in [0.2, 0.25) is 0 Å².